The number of ether oxygens (including phenoxy) is 8. The number of unbranched alkanes of at least 4 members (excludes halogenated alkanes) is 2. The van der Waals surface area contributed by atoms with Crippen molar-refractivity contribution in [1.29, 1.82) is 0 Å². The van der Waals surface area contributed by atoms with Crippen LogP contribution in [-0.4, -0.2) is 76.9 Å². The molecular weight excluding hydrogens is 1590 g/mol. The lowest BCUT2D eigenvalue weighted by molar-refractivity contribution is -0.535. The first-order valence-electron chi connectivity index (χ1n) is 47.4. The van der Waals surface area contributed by atoms with Crippen molar-refractivity contribution in [3.05, 3.63) is 217 Å². The highest BCUT2D eigenvalue weighted by Crippen LogP contribution is 2.54. The van der Waals surface area contributed by atoms with Gasteiger partial charge in [0.2, 0.25) is 11.8 Å². The molecule has 16 heteroatoms. The molecule has 0 aliphatic heterocycles. The maximum atomic E-state index is 16.2. The summed E-state index contributed by atoms with van der Waals surface area (Å²) < 4.78 is 52.5. The molecule has 0 bridgehead atoms. The Balaban J connectivity index is 1.06. The lowest BCUT2D eigenvalue weighted by Crippen LogP contribution is -2.63. The Labute approximate surface area is 764 Å². The van der Waals surface area contributed by atoms with Gasteiger partial charge < -0.3 is 68.5 Å². The van der Waals surface area contributed by atoms with Crippen LogP contribution in [0.4, 0.5) is 45.5 Å². The molecule has 0 aromatic heterocycles. The molecule has 1 aliphatic carbocycles. The topological polar surface area (TPSA) is 185 Å². The number of nitrogens with zero attached hydrogens (tertiary/aromatic N) is 2. The minimum atomic E-state index is -1.52. The third-order valence-corrected chi connectivity index (χ3v) is 23.0. The van der Waals surface area contributed by atoms with E-state index in [1.165, 1.54) is 0 Å². The molecule has 16 nitrogen and oxygen atoms in total. The van der Waals surface area contributed by atoms with Crippen LogP contribution in [0.15, 0.2) is 206 Å². The van der Waals surface area contributed by atoms with Crippen molar-refractivity contribution in [2.24, 2.45) is 59.2 Å². The standard InChI is InChI=1S/C112H142N4O12/c1-21-25-31-79(23-3)111(119)113-93-61-89(115(85-49-41-81(42-50-85)103-95(121-63-71(5)6)33-27-34-96(103)122-64-72(7)8)86-51-43-82(44-52-86)104-97(123-65-73(9)10)35-28-36-98(104)124-66-74(11)12)57-59-91(93)107-109(117)108(110(107)118)92-60-58-90(62-94(92)114-112(120)80(24-4)32-26-22-2)116(87-53-45-83(46-54-87)105-99(125-67-75(13)14)37-29-38-100(105)126-68-76(15)16)88-55-47-84(48-56-88)106-101(127-69-77(17)18)39-30-40-102(106)128-70-78(19)20/h27-30,33-62,71-80,107-110H,21-26,31-32,63-70H2,1-20H3,(H,113,119)(H,114,120)/q-2. The fourth-order valence-corrected chi connectivity index (χ4v) is 16.2. The minimum absolute atomic E-state index is 0.187. The van der Waals surface area contributed by atoms with Crippen molar-refractivity contribution in [2.45, 2.75) is 214 Å². The molecule has 10 aromatic carbocycles. The smallest absolute Gasteiger partial charge is 0.227 e. The Morgan fingerprint density at radius 2 is 0.500 bits per heavy atom. The maximum absolute atomic E-state index is 16.2. The number of benzene rings is 10. The van der Waals surface area contributed by atoms with Crippen LogP contribution in [0.5, 0.6) is 46.0 Å². The summed E-state index contributed by atoms with van der Waals surface area (Å²) in [5, 5.41) is 39.1. The van der Waals surface area contributed by atoms with Crippen LogP contribution in [0.3, 0.4) is 0 Å². The van der Waals surface area contributed by atoms with Gasteiger partial charge in [-0.1, -0.05) is 249 Å². The second-order valence-corrected chi connectivity index (χ2v) is 38.0. The van der Waals surface area contributed by atoms with Gasteiger partial charge in [-0.15, -0.1) is 12.2 Å². The predicted molar refractivity (Wildman–Crippen MR) is 524 cm³/mol. The number of amides is 2. The Hall–Kier alpha value is -10.9. The molecular formula is C112H142N4O12-2. The fourth-order valence-electron chi connectivity index (χ4n) is 16.2. The molecule has 2 atom stereocenters. The van der Waals surface area contributed by atoms with E-state index in [0.29, 0.717) is 112 Å². The van der Waals surface area contributed by atoms with Gasteiger partial charge in [0.15, 0.2) is 0 Å². The third kappa shape index (κ3) is 25.3. The summed E-state index contributed by atoms with van der Waals surface area (Å²) in [6.45, 7) is 46.6. The highest BCUT2D eigenvalue weighted by atomic mass is 16.5. The van der Waals surface area contributed by atoms with Crippen molar-refractivity contribution in [2.75, 3.05) is 73.3 Å². The van der Waals surface area contributed by atoms with Gasteiger partial charge in [-0.25, -0.2) is 0 Å². The van der Waals surface area contributed by atoms with Crippen LogP contribution in [0.25, 0.3) is 44.5 Å². The second kappa shape index (κ2) is 46.9. The van der Waals surface area contributed by atoms with Gasteiger partial charge in [0.25, 0.3) is 0 Å². The molecule has 128 heavy (non-hydrogen) atoms. The number of carbonyl (C=O) groups excluding carboxylic acids is 2. The van der Waals surface area contributed by atoms with E-state index in [2.05, 4.69) is 242 Å². The van der Waals surface area contributed by atoms with E-state index in [-0.39, 0.29) is 71.0 Å². The molecule has 1 aliphatic rings. The molecule has 0 spiro atoms. The first kappa shape index (κ1) is 97.7. The number of nitrogens with one attached hydrogen (secondary N) is 2. The number of hydrogen-bond acceptors (Lipinski definition) is 14. The van der Waals surface area contributed by atoms with Gasteiger partial charge >= 0.3 is 0 Å². The molecule has 2 amide bonds. The summed E-state index contributed by atoms with van der Waals surface area (Å²) >= 11 is 0. The predicted octanol–water partition coefficient (Wildman–Crippen LogP) is 27.2. The van der Waals surface area contributed by atoms with Crippen LogP contribution >= 0.6 is 0 Å². The van der Waals surface area contributed by atoms with E-state index in [0.717, 1.165) is 139 Å². The normalized spacial score (nSPS) is 14.9. The Morgan fingerprint density at radius 1 is 0.297 bits per heavy atom. The molecule has 0 radical (unpaired) electrons. The Kier molecular flexibility index (Phi) is 35.8. The van der Waals surface area contributed by atoms with Gasteiger partial charge in [0.05, 0.1) is 75.1 Å². The van der Waals surface area contributed by atoms with Crippen LogP contribution in [0, 0.1) is 59.2 Å². The van der Waals surface area contributed by atoms with Crippen LogP contribution in [0.2, 0.25) is 0 Å². The van der Waals surface area contributed by atoms with Crippen molar-refractivity contribution < 1.29 is 57.7 Å². The zero-order chi connectivity index (χ0) is 91.8. The molecule has 10 aromatic rings. The molecule has 1 saturated carbocycles. The van der Waals surface area contributed by atoms with E-state index in [4.69, 9.17) is 37.9 Å². The van der Waals surface area contributed by atoms with Gasteiger partial charge in [-0.05, 0) is 240 Å². The average molecular weight is 1740 g/mol. The fraction of sp³-hybridized carbons (Fsp3) is 0.446. The van der Waals surface area contributed by atoms with Gasteiger partial charge in [-0.3, -0.25) is 9.59 Å². The third-order valence-electron chi connectivity index (χ3n) is 23.0. The molecule has 0 heterocycles. The Morgan fingerprint density at radius 3 is 0.688 bits per heavy atom. The summed E-state index contributed by atoms with van der Waals surface area (Å²) in [5.41, 5.74) is 13.1. The number of hydrogen-bond donors (Lipinski definition) is 2. The Bertz CT molecular complexity index is 4490. The molecule has 684 valence electrons. The highest BCUT2D eigenvalue weighted by molar-refractivity contribution is 5.97. The lowest BCUT2D eigenvalue weighted by atomic mass is 9.62. The van der Waals surface area contributed by atoms with Crippen molar-refractivity contribution in [3.63, 3.8) is 0 Å². The van der Waals surface area contributed by atoms with Crippen molar-refractivity contribution in [1.82, 2.24) is 0 Å². The van der Waals surface area contributed by atoms with Gasteiger partial charge in [-0.2, -0.15) is 0 Å². The number of anilines is 8. The molecule has 0 saturated heterocycles. The highest BCUT2D eigenvalue weighted by Gasteiger charge is 2.42. The van der Waals surface area contributed by atoms with E-state index in [9.17, 15) is 0 Å². The van der Waals surface area contributed by atoms with Crippen LogP contribution in [0.1, 0.15) is 213 Å². The quantitative estimate of drug-likeness (QED) is 0.0367. The first-order chi connectivity index (χ1) is 61.6. The maximum Gasteiger partial charge on any atom is 0.227 e. The van der Waals surface area contributed by atoms with Crippen molar-refractivity contribution >= 4 is 57.3 Å². The summed E-state index contributed by atoms with van der Waals surface area (Å²) in [5.74, 6) is 4.62. The summed E-state index contributed by atoms with van der Waals surface area (Å²) in [4.78, 5) is 34.6. The largest absolute Gasteiger partial charge is 0.851 e. The molecule has 1 fully saturated rings. The lowest BCUT2D eigenvalue weighted by Gasteiger charge is -2.62. The van der Waals surface area contributed by atoms with E-state index < -0.39 is 24.0 Å². The van der Waals surface area contributed by atoms with Gasteiger partial charge in [0, 0.05) is 57.3 Å². The number of rotatable bonds is 48. The SMILES string of the molecule is CCCCC(CC)C(=O)Nc1cc(N(c2ccc(-c3c(OCC(C)C)cccc3OCC(C)C)cc2)c2ccc(-c3c(OCC(C)C)cccc3OCC(C)C)cc2)ccc1C1C([O-])C(c2ccc(N(c3ccc(-c4c(OCC(C)C)cccc4OCC(C)C)cc3)c3ccc(-c4c(OCC(C)C)cccc4OCC(C)C)cc3)cc2NC(=O)C(CC)CCCC)C1[O-]. The van der Waals surface area contributed by atoms with E-state index >= 15 is 19.8 Å². The second-order valence-electron chi connectivity index (χ2n) is 38.0. The van der Waals surface area contributed by atoms with E-state index in [1.54, 1.807) is 0 Å². The van der Waals surface area contributed by atoms with Crippen LogP contribution in [-0.2, 0) is 9.59 Å². The first-order valence-corrected chi connectivity index (χ1v) is 47.4. The molecule has 2 N–H and O–H groups in total. The van der Waals surface area contributed by atoms with Crippen LogP contribution < -0.4 is 68.5 Å². The summed E-state index contributed by atoms with van der Waals surface area (Å²) in [7, 11) is 0. The summed E-state index contributed by atoms with van der Waals surface area (Å²) in [6.07, 6.45) is 2.94. The zero-order valence-electron chi connectivity index (χ0n) is 79.8. The zero-order valence-corrected chi connectivity index (χ0v) is 79.8. The minimum Gasteiger partial charge on any atom is -0.851 e. The number of carbonyl (C=O) groups is 2. The average Bonchev–Trinajstić information content (AvgIpc) is 0.727. The monoisotopic (exact) mass is 1740 g/mol. The molecule has 2 unspecified atom stereocenters. The van der Waals surface area contributed by atoms with Gasteiger partial charge in [0.1, 0.15) is 46.0 Å². The van der Waals surface area contributed by atoms with E-state index in [1.807, 2.05) is 123 Å². The molecule has 11 rings (SSSR count). The van der Waals surface area contributed by atoms with Crippen molar-refractivity contribution in [3.8, 4) is 90.5 Å². The summed E-state index contributed by atoms with van der Waals surface area (Å²) in [6, 6.07) is 68.8.